The van der Waals surface area contributed by atoms with Crippen molar-refractivity contribution >= 4 is 17.5 Å². The van der Waals surface area contributed by atoms with E-state index < -0.39 is 41.2 Å². The number of alkyl halides is 3. The van der Waals surface area contributed by atoms with Crippen LogP contribution in [0.25, 0.3) is 0 Å². The summed E-state index contributed by atoms with van der Waals surface area (Å²) in [6.45, 7) is 5.36. The fraction of sp³-hybridized carbons (Fsp3) is 0.409. The number of pyridine rings is 1. The summed E-state index contributed by atoms with van der Waals surface area (Å²) < 4.78 is 51.9. The second kappa shape index (κ2) is 8.42. The van der Waals surface area contributed by atoms with E-state index in [0.717, 1.165) is 13.2 Å². The van der Waals surface area contributed by atoms with Crippen molar-refractivity contribution in [1.29, 1.82) is 0 Å². The number of aromatic nitrogens is 1. The van der Waals surface area contributed by atoms with Crippen molar-refractivity contribution in [3.05, 3.63) is 53.3 Å². The Kier molecular flexibility index (Phi) is 6.19. The lowest BCUT2D eigenvalue weighted by molar-refractivity contribution is -0.138. The molecule has 2 aromatic rings. The number of para-hydroxylation sites is 1. The second-order valence-electron chi connectivity index (χ2n) is 8.17. The van der Waals surface area contributed by atoms with Crippen molar-refractivity contribution in [3.8, 4) is 5.75 Å². The van der Waals surface area contributed by atoms with E-state index >= 15 is 0 Å². The number of halogens is 3. The van der Waals surface area contributed by atoms with E-state index in [2.05, 4.69) is 10.3 Å². The predicted molar refractivity (Wildman–Crippen MR) is 110 cm³/mol. The van der Waals surface area contributed by atoms with Crippen molar-refractivity contribution in [2.75, 3.05) is 12.4 Å². The standard InChI is InChI=1S/C22H24F3N3O4/c1-11-16(13-6-5-7-14(17(13)31-4)22(23,24)25)18(32-21(11,2)3)20(30)28-12-8-9-27-15(10-12)19(26)29/h5-11,16,18H,1-4H3,(H2,26,29)(H,27,28,30)/t11-,16-,18+/m1/s1. The van der Waals surface area contributed by atoms with Crippen LogP contribution in [-0.2, 0) is 15.7 Å². The number of hydrogen-bond donors (Lipinski definition) is 2. The Balaban J connectivity index is 2.02. The molecule has 172 valence electrons. The van der Waals surface area contributed by atoms with Crippen LogP contribution < -0.4 is 15.8 Å². The van der Waals surface area contributed by atoms with E-state index in [1.54, 1.807) is 13.8 Å². The largest absolute Gasteiger partial charge is 0.496 e. The minimum Gasteiger partial charge on any atom is -0.496 e. The van der Waals surface area contributed by atoms with E-state index in [-0.39, 0.29) is 28.6 Å². The molecule has 1 aliphatic rings. The van der Waals surface area contributed by atoms with E-state index in [4.69, 9.17) is 15.2 Å². The molecule has 1 aliphatic heterocycles. The molecule has 0 spiro atoms. The average Bonchev–Trinajstić information content (AvgIpc) is 2.96. The highest BCUT2D eigenvalue weighted by molar-refractivity contribution is 5.97. The molecule has 0 aliphatic carbocycles. The summed E-state index contributed by atoms with van der Waals surface area (Å²) >= 11 is 0. The molecule has 10 heteroatoms. The minimum atomic E-state index is -4.63. The number of benzene rings is 1. The molecule has 1 aromatic carbocycles. The lowest BCUT2D eigenvalue weighted by Gasteiger charge is -2.26. The summed E-state index contributed by atoms with van der Waals surface area (Å²) in [5, 5.41) is 2.64. The van der Waals surface area contributed by atoms with Crippen LogP contribution in [0.15, 0.2) is 36.5 Å². The molecule has 3 N–H and O–H groups in total. The molecule has 0 bridgehead atoms. The van der Waals surface area contributed by atoms with Crippen LogP contribution >= 0.6 is 0 Å². The molecule has 32 heavy (non-hydrogen) atoms. The normalized spacial score (nSPS) is 22.4. The number of amides is 2. The molecule has 3 rings (SSSR count). The van der Waals surface area contributed by atoms with Crippen molar-refractivity contribution in [2.24, 2.45) is 11.7 Å². The molecule has 1 fully saturated rings. The smallest absolute Gasteiger partial charge is 0.419 e. The third-order valence-corrected chi connectivity index (χ3v) is 5.84. The average molecular weight is 451 g/mol. The molecule has 2 amide bonds. The molecule has 0 unspecified atom stereocenters. The van der Waals surface area contributed by atoms with E-state index in [9.17, 15) is 22.8 Å². The van der Waals surface area contributed by atoms with Gasteiger partial charge in [-0.15, -0.1) is 0 Å². The van der Waals surface area contributed by atoms with E-state index in [1.807, 2.05) is 6.92 Å². The Bertz CT molecular complexity index is 1040. The molecular formula is C22H24F3N3O4. The monoisotopic (exact) mass is 451 g/mol. The first-order chi connectivity index (χ1) is 14.9. The lowest BCUT2D eigenvalue weighted by atomic mass is 9.77. The SMILES string of the molecule is COc1c([C@@H]2[C@@H](C(=O)Nc3ccnc(C(N)=O)c3)OC(C)(C)[C@@H]2C)cccc1C(F)(F)F. The van der Waals surface area contributed by atoms with Gasteiger partial charge in [-0.1, -0.05) is 19.1 Å². The number of primary amides is 1. The van der Waals surface area contributed by atoms with Crippen LogP contribution in [-0.4, -0.2) is 35.6 Å². The Hall–Kier alpha value is -3.14. The molecule has 2 heterocycles. The Morgan fingerprint density at radius 2 is 1.94 bits per heavy atom. The van der Waals surface area contributed by atoms with Crippen molar-refractivity contribution in [1.82, 2.24) is 4.98 Å². The van der Waals surface area contributed by atoms with Gasteiger partial charge in [0, 0.05) is 23.4 Å². The summed E-state index contributed by atoms with van der Waals surface area (Å²) in [5.41, 5.74) is 3.95. The van der Waals surface area contributed by atoms with Gasteiger partial charge in [-0.05, 0) is 38.0 Å². The molecule has 0 radical (unpaired) electrons. The minimum absolute atomic E-state index is 0.0417. The molecule has 7 nitrogen and oxygen atoms in total. The van der Waals surface area contributed by atoms with Crippen LogP contribution in [0.1, 0.15) is 48.3 Å². The van der Waals surface area contributed by atoms with Gasteiger partial charge in [-0.2, -0.15) is 13.2 Å². The van der Waals surface area contributed by atoms with Gasteiger partial charge in [0.25, 0.3) is 11.8 Å². The van der Waals surface area contributed by atoms with Gasteiger partial charge in [0.05, 0.1) is 18.3 Å². The first-order valence-electron chi connectivity index (χ1n) is 9.85. The highest BCUT2D eigenvalue weighted by Gasteiger charge is 2.52. The number of ether oxygens (including phenoxy) is 2. The highest BCUT2D eigenvalue weighted by Crippen LogP contribution is 2.50. The third kappa shape index (κ3) is 4.40. The number of nitrogens with zero attached hydrogens (tertiary/aromatic N) is 1. The van der Waals surface area contributed by atoms with Crippen molar-refractivity contribution in [2.45, 2.75) is 44.6 Å². The number of nitrogens with one attached hydrogen (secondary N) is 1. The van der Waals surface area contributed by atoms with Crippen LogP contribution in [0.5, 0.6) is 5.75 Å². The highest BCUT2D eigenvalue weighted by atomic mass is 19.4. The molecule has 1 saturated heterocycles. The zero-order valence-electron chi connectivity index (χ0n) is 18.0. The number of rotatable bonds is 5. The lowest BCUT2D eigenvalue weighted by Crippen LogP contribution is -2.33. The molecule has 1 aromatic heterocycles. The van der Waals surface area contributed by atoms with Gasteiger partial charge >= 0.3 is 6.18 Å². The third-order valence-electron chi connectivity index (χ3n) is 5.84. The number of carbonyl (C=O) groups excluding carboxylic acids is 2. The van der Waals surface area contributed by atoms with Gasteiger partial charge in [0.2, 0.25) is 0 Å². The van der Waals surface area contributed by atoms with Gasteiger partial charge in [0.15, 0.2) is 0 Å². The number of carbonyl (C=O) groups is 2. The van der Waals surface area contributed by atoms with Crippen LogP contribution in [0.3, 0.4) is 0 Å². The fourth-order valence-corrected chi connectivity index (χ4v) is 3.98. The number of hydrogen-bond acceptors (Lipinski definition) is 5. The number of nitrogens with two attached hydrogens (primary N) is 1. The zero-order valence-corrected chi connectivity index (χ0v) is 18.0. The van der Waals surface area contributed by atoms with E-state index in [1.165, 1.54) is 30.5 Å². The maximum Gasteiger partial charge on any atom is 0.419 e. The molecule has 3 atom stereocenters. The first-order valence-corrected chi connectivity index (χ1v) is 9.85. The van der Waals surface area contributed by atoms with Gasteiger partial charge in [0.1, 0.15) is 17.5 Å². The second-order valence-corrected chi connectivity index (χ2v) is 8.17. The van der Waals surface area contributed by atoms with Crippen LogP contribution in [0.2, 0.25) is 0 Å². The maximum absolute atomic E-state index is 13.6. The van der Waals surface area contributed by atoms with Crippen molar-refractivity contribution in [3.63, 3.8) is 0 Å². The maximum atomic E-state index is 13.6. The van der Waals surface area contributed by atoms with E-state index in [0.29, 0.717) is 0 Å². The Morgan fingerprint density at radius 1 is 1.25 bits per heavy atom. The summed E-state index contributed by atoms with van der Waals surface area (Å²) in [6, 6.07) is 6.51. The summed E-state index contributed by atoms with van der Waals surface area (Å²) in [4.78, 5) is 28.3. The van der Waals surface area contributed by atoms with Crippen LogP contribution in [0, 0.1) is 5.92 Å². The van der Waals surface area contributed by atoms with Crippen LogP contribution in [0.4, 0.5) is 18.9 Å². The zero-order chi connectivity index (χ0) is 23.8. The van der Waals surface area contributed by atoms with Gasteiger partial charge in [-0.3, -0.25) is 14.6 Å². The Morgan fingerprint density at radius 3 is 2.53 bits per heavy atom. The molecule has 0 saturated carbocycles. The summed E-state index contributed by atoms with van der Waals surface area (Å²) in [6.07, 6.45) is -4.42. The topological polar surface area (TPSA) is 104 Å². The summed E-state index contributed by atoms with van der Waals surface area (Å²) in [7, 11) is 1.16. The number of methoxy groups -OCH3 is 1. The quantitative estimate of drug-likeness (QED) is 0.721. The number of anilines is 1. The van der Waals surface area contributed by atoms with Gasteiger partial charge < -0.3 is 20.5 Å². The Labute approximate surface area is 183 Å². The first kappa shape index (κ1) is 23.5. The summed E-state index contributed by atoms with van der Waals surface area (Å²) in [5.74, 6) is -2.72. The van der Waals surface area contributed by atoms with Gasteiger partial charge in [-0.25, -0.2) is 0 Å². The molecular weight excluding hydrogens is 427 g/mol. The predicted octanol–water partition coefficient (Wildman–Crippen LogP) is 3.74. The van der Waals surface area contributed by atoms with Crippen molar-refractivity contribution < 1.29 is 32.2 Å². The fourth-order valence-electron chi connectivity index (χ4n) is 3.98.